The van der Waals surface area contributed by atoms with Crippen LogP contribution in [0.15, 0.2) is 53.7 Å². The molecule has 1 aromatic heterocycles. The van der Waals surface area contributed by atoms with Gasteiger partial charge in [-0.1, -0.05) is 37.7 Å². The monoisotopic (exact) mass is 400 g/mol. The Morgan fingerprint density at radius 3 is 2.57 bits per heavy atom. The van der Waals surface area contributed by atoms with E-state index in [-0.39, 0.29) is 24.1 Å². The quantitative estimate of drug-likeness (QED) is 0.549. The normalized spacial score (nSPS) is 10.9. The van der Waals surface area contributed by atoms with Gasteiger partial charge in [-0.25, -0.2) is 9.37 Å². The molecule has 0 unspecified atom stereocenters. The molecule has 0 spiro atoms. The molecule has 3 aromatic rings. The van der Waals surface area contributed by atoms with Crippen LogP contribution in [0, 0.1) is 5.82 Å². The number of hydrogen-bond acceptors (Lipinski definition) is 5. The number of nitrogens with zero attached hydrogens (tertiary/aromatic N) is 2. The lowest BCUT2D eigenvalue weighted by atomic mass is 10.0. The maximum Gasteiger partial charge on any atom is 0.234 e. The number of H-pyrrole nitrogens is 1. The maximum atomic E-state index is 12.9. The molecule has 1 amide bonds. The number of benzene rings is 2. The molecule has 8 heteroatoms. The van der Waals surface area contributed by atoms with Crippen LogP contribution in [-0.4, -0.2) is 26.8 Å². The largest absolute Gasteiger partial charge is 0.486 e. The summed E-state index contributed by atoms with van der Waals surface area (Å²) >= 11 is 1.20. The first-order chi connectivity index (χ1) is 13.5. The Kier molecular flexibility index (Phi) is 6.65. The van der Waals surface area contributed by atoms with Crippen LogP contribution in [0.3, 0.4) is 0 Å². The number of carbonyl (C=O) groups is 1. The van der Waals surface area contributed by atoms with Gasteiger partial charge in [0.25, 0.3) is 0 Å². The Hall–Kier alpha value is -2.87. The third kappa shape index (κ3) is 5.82. The molecule has 28 heavy (non-hydrogen) atoms. The molecule has 0 atom stereocenters. The van der Waals surface area contributed by atoms with Crippen molar-refractivity contribution >= 4 is 23.4 Å². The highest BCUT2D eigenvalue weighted by Gasteiger charge is 2.09. The Labute approximate surface area is 166 Å². The molecule has 3 rings (SSSR count). The molecule has 1 heterocycles. The summed E-state index contributed by atoms with van der Waals surface area (Å²) in [5.74, 6) is 1.39. The summed E-state index contributed by atoms with van der Waals surface area (Å²) in [5.41, 5.74) is 1.80. The minimum atomic E-state index is -0.348. The van der Waals surface area contributed by atoms with E-state index in [1.165, 1.54) is 41.6 Å². The second-order valence-electron chi connectivity index (χ2n) is 6.42. The number of amides is 1. The molecule has 146 valence electrons. The zero-order valence-corrected chi connectivity index (χ0v) is 16.4. The van der Waals surface area contributed by atoms with Crippen molar-refractivity contribution in [2.45, 2.75) is 31.5 Å². The number of halogens is 1. The molecular weight excluding hydrogens is 379 g/mol. The van der Waals surface area contributed by atoms with Gasteiger partial charge in [0.05, 0.1) is 5.75 Å². The van der Waals surface area contributed by atoms with E-state index in [1.54, 1.807) is 0 Å². The molecule has 0 saturated heterocycles. The van der Waals surface area contributed by atoms with Crippen molar-refractivity contribution in [1.82, 2.24) is 15.2 Å². The van der Waals surface area contributed by atoms with Gasteiger partial charge in [0, 0.05) is 5.69 Å². The minimum Gasteiger partial charge on any atom is -0.486 e. The Balaban J connectivity index is 1.44. The first-order valence-electron chi connectivity index (χ1n) is 8.82. The van der Waals surface area contributed by atoms with Gasteiger partial charge in [0.15, 0.2) is 5.82 Å². The summed E-state index contributed by atoms with van der Waals surface area (Å²) in [6.07, 6.45) is 0. The topological polar surface area (TPSA) is 79.9 Å². The maximum absolute atomic E-state index is 12.9. The predicted molar refractivity (Wildman–Crippen MR) is 107 cm³/mol. The van der Waals surface area contributed by atoms with Crippen molar-refractivity contribution < 1.29 is 13.9 Å². The first-order valence-corrected chi connectivity index (χ1v) is 9.80. The second kappa shape index (κ2) is 9.36. The number of ether oxygens (including phenoxy) is 1. The number of anilines is 1. The summed E-state index contributed by atoms with van der Waals surface area (Å²) in [5, 5.41) is 10.0. The van der Waals surface area contributed by atoms with Gasteiger partial charge in [-0.2, -0.15) is 0 Å². The van der Waals surface area contributed by atoms with Crippen molar-refractivity contribution in [1.29, 1.82) is 0 Å². The highest BCUT2D eigenvalue weighted by Crippen LogP contribution is 2.19. The number of aromatic amines is 1. The van der Waals surface area contributed by atoms with Gasteiger partial charge in [0.1, 0.15) is 18.2 Å². The zero-order valence-electron chi connectivity index (χ0n) is 15.6. The average molecular weight is 400 g/mol. The third-order valence-corrected chi connectivity index (χ3v) is 4.74. The van der Waals surface area contributed by atoms with E-state index >= 15 is 0 Å². The fraction of sp³-hybridized carbons (Fsp3) is 0.250. The Bertz CT molecular complexity index is 911. The van der Waals surface area contributed by atoms with Gasteiger partial charge in [-0.15, -0.1) is 5.10 Å². The predicted octanol–water partition coefficient (Wildman–Crippen LogP) is 4.38. The smallest absolute Gasteiger partial charge is 0.234 e. The number of aromatic nitrogens is 3. The molecular formula is C20H21FN4O2S. The molecule has 0 saturated carbocycles. The van der Waals surface area contributed by atoms with Crippen LogP contribution in [0.25, 0.3) is 0 Å². The molecule has 2 aromatic carbocycles. The minimum absolute atomic E-state index is 0.145. The summed E-state index contributed by atoms with van der Waals surface area (Å²) in [7, 11) is 0. The molecule has 0 aliphatic carbocycles. The van der Waals surface area contributed by atoms with Crippen LogP contribution < -0.4 is 10.1 Å². The molecule has 0 bridgehead atoms. The third-order valence-electron chi connectivity index (χ3n) is 3.89. The Morgan fingerprint density at radius 1 is 1.18 bits per heavy atom. The first kappa shape index (κ1) is 19.9. The summed E-state index contributed by atoms with van der Waals surface area (Å²) in [6.45, 7) is 4.55. The number of nitrogens with one attached hydrogen (secondary N) is 2. The molecule has 0 aliphatic heterocycles. The van der Waals surface area contributed by atoms with Crippen LogP contribution in [0.2, 0.25) is 0 Å². The number of carbonyl (C=O) groups excluding carboxylic acids is 1. The highest BCUT2D eigenvalue weighted by molar-refractivity contribution is 7.99. The van der Waals surface area contributed by atoms with Gasteiger partial charge >= 0.3 is 0 Å². The van der Waals surface area contributed by atoms with Crippen molar-refractivity contribution in [3.05, 3.63) is 65.7 Å². The van der Waals surface area contributed by atoms with E-state index < -0.39 is 0 Å². The van der Waals surface area contributed by atoms with E-state index in [1.807, 2.05) is 24.3 Å². The van der Waals surface area contributed by atoms with E-state index in [4.69, 9.17) is 4.74 Å². The van der Waals surface area contributed by atoms with Crippen molar-refractivity contribution in [2.75, 3.05) is 11.1 Å². The summed E-state index contributed by atoms with van der Waals surface area (Å²) in [4.78, 5) is 16.3. The lowest BCUT2D eigenvalue weighted by molar-refractivity contribution is -0.113. The van der Waals surface area contributed by atoms with Crippen LogP contribution >= 0.6 is 11.8 Å². The number of thioether (sulfide) groups is 1. The SMILES string of the molecule is CC(C)c1ccc(OCc2nc(SCC(=O)Nc3ccc(F)cc3)n[nH]2)cc1. The van der Waals surface area contributed by atoms with Crippen LogP contribution in [0.1, 0.15) is 31.2 Å². The fourth-order valence-electron chi connectivity index (χ4n) is 2.37. The highest BCUT2D eigenvalue weighted by atomic mass is 32.2. The lowest BCUT2D eigenvalue weighted by Gasteiger charge is -2.07. The zero-order chi connectivity index (χ0) is 19.9. The van der Waals surface area contributed by atoms with Crippen molar-refractivity contribution in [3.63, 3.8) is 0 Å². The number of rotatable bonds is 8. The van der Waals surface area contributed by atoms with E-state index in [0.717, 1.165) is 5.75 Å². The number of hydrogen-bond donors (Lipinski definition) is 2. The molecule has 0 fully saturated rings. The van der Waals surface area contributed by atoms with E-state index in [9.17, 15) is 9.18 Å². The van der Waals surface area contributed by atoms with E-state index in [2.05, 4.69) is 34.3 Å². The summed E-state index contributed by atoms with van der Waals surface area (Å²) < 4.78 is 18.6. The van der Waals surface area contributed by atoms with Gasteiger partial charge in [-0.3, -0.25) is 9.89 Å². The van der Waals surface area contributed by atoms with Crippen molar-refractivity contribution in [2.24, 2.45) is 0 Å². The van der Waals surface area contributed by atoms with Crippen LogP contribution in [0.4, 0.5) is 10.1 Å². The fourth-order valence-corrected chi connectivity index (χ4v) is 2.99. The molecule has 0 aliphatic rings. The van der Waals surface area contributed by atoms with Crippen LogP contribution in [-0.2, 0) is 11.4 Å². The molecule has 0 radical (unpaired) electrons. The van der Waals surface area contributed by atoms with Crippen molar-refractivity contribution in [3.8, 4) is 5.75 Å². The molecule has 6 nitrogen and oxygen atoms in total. The lowest BCUT2D eigenvalue weighted by Crippen LogP contribution is -2.14. The Morgan fingerprint density at radius 2 is 1.89 bits per heavy atom. The van der Waals surface area contributed by atoms with Crippen LogP contribution in [0.5, 0.6) is 5.75 Å². The second-order valence-corrected chi connectivity index (χ2v) is 7.36. The molecule has 2 N–H and O–H groups in total. The van der Waals surface area contributed by atoms with Gasteiger partial charge < -0.3 is 10.1 Å². The van der Waals surface area contributed by atoms with E-state index in [0.29, 0.717) is 22.6 Å². The van der Waals surface area contributed by atoms with Gasteiger partial charge in [0.2, 0.25) is 11.1 Å². The standard InChI is InChI=1S/C20H21FN4O2S/c1-13(2)14-3-9-17(10-4-14)27-11-18-23-20(25-24-18)28-12-19(26)22-16-7-5-15(21)6-8-16/h3-10,13H,11-12H2,1-2H3,(H,22,26)(H,23,24,25). The average Bonchev–Trinajstić information content (AvgIpc) is 3.15. The van der Waals surface area contributed by atoms with Gasteiger partial charge in [-0.05, 0) is 47.9 Å². The summed E-state index contributed by atoms with van der Waals surface area (Å²) in [6, 6.07) is 13.5.